The molecular formula is C20H21N3O2S. The Morgan fingerprint density at radius 3 is 2.96 bits per heavy atom. The van der Waals surface area contributed by atoms with E-state index in [-0.39, 0.29) is 5.91 Å². The first-order valence-corrected chi connectivity index (χ1v) is 9.65. The maximum Gasteiger partial charge on any atom is 0.264 e. The van der Waals surface area contributed by atoms with Gasteiger partial charge in [0.2, 0.25) is 0 Å². The van der Waals surface area contributed by atoms with Gasteiger partial charge in [-0.05, 0) is 48.9 Å². The quantitative estimate of drug-likeness (QED) is 0.693. The molecule has 0 N–H and O–H groups in total. The molecular weight excluding hydrogens is 346 g/mol. The van der Waals surface area contributed by atoms with E-state index in [1.807, 2.05) is 18.2 Å². The van der Waals surface area contributed by atoms with E-state index < -0.39 is 0 Å². The van der Waals surface area contributed by atoms with Crippen LogP contribution in [0.25, 0.3) is 11.3 Å². The Bertz CT molecular complexity index is 916. The molecule has 3 aromatic rings. The highest BCUT2D eigenvalue weighted by Crippen LogP contribution is 2.32. The lowest BCUT2D eigenvalue weighted by Gasteiger charge is -2.16. The molecule has 0 unspecified atom stereocenters. The summed E-state index contributed by atoms with van der Waals surface area (Å²) in [5.74, 6) is 1.42. The van der Waals surface area contributed by atoms with E-state index in [1.54, 1.807) is 35.7 Å². The maximum absolute atomic E-state index is 12.8. The fourth-order valence-electron chi connectivity index (χ4n) is 3.35. The topological polar surface area (TPSA) is 59.2 Å². The Morgan fingerprint density at radius 2 is 2.15 bits per heavy atom. The summed E-state index contributed by atoms with van der Waals surface area (Å²) in [5.41, 5.74) is 3.05. The van der Waals surface area contributed by atoms with Gasteiger partial charge in [-0.2, -0.15) is 0 Å². The minimum atomic E-state index is 0.0407. The molecule has 3 heterocycles. The average molecular weight is 367 g/mol. The van der Waals surface area contributed by atoms with Gasteiger partial charge in [-0.1, -0.05) is 12.1 Å². The zero-order valence-electron chi connectivity index (χ0n) is 14.9. The number of fused-ring (bicyclic) bond motifs is 1. The fourth-order valence-corrected chi connectivity index (χ4v) is 4.55. The first-order chi connectivity index (χ1) is 12.6. The van der Waals surface area contributed by atoms with Gasteiger partial charge < -0.3 is 9.42 Å². The third-order valence-electron chi connectivity index (χ3n) is 4.81. The van der Waals surface area contributed by atoms with Gasteiger partial charge >= 0.3 is 0 Å². The number of aryl methyl sites for hydroxylation is 1. The van der Waals surface area contributed by atoms with E-state index in [0.717, 1.165) is 29.0 Å². The van der Waals surface area contributed by atoms with Crippen molar-refractivity contribution in [3.8, 4) is 11.3 Å². The number of thiophene rings is 1. The summed E-state index contributed by atoms with van der Waals surface area (Å²) in [6.45, 7) is 2.68. The molecule has 0 aliphatic heterocycles. The highest BCUT2D eigenvalue weighted by atomic mass is 32.1. The van der Waals surface area contributed by atoms with Gasteiger partial charge in [-0.25, -0.2) is 0 Å². The maximum atomic E-state index is 12.8. The zero-order valence-corrected chi connectivity index (χ0v) is 15.8. The van der Waals surface area contributed by atoms with Crippen molar-refractivity contribution in [2.45, 2.75) is 32.7 Å². The standard InChI is InChI=1S/C20H21N3O2S/c1-13-3-4-18-15(9-13)10-19(26-18)20(24)23(2)12-16-11-17(22-25-16)14-5-7-21-8-6-14/h5-8,10-11,13H,3-4,9,12H2,1-2H3/t13-/m0/s1. The number of hydrogen-bond donors (Lipinski definition) is 0. The molecule has 0 saturated carbocycles. The van der Waals surface area contributed by atoms with E-state index in [9.17, 15) is 4.79 Å². The van der Waals surface area contributed by atoms with Crippen LogP contribution in [0, 0.1) is 5.92 Å². The summed E-state index contributed by atoms with van der Waals surface area (Å²) in [6, 6.07) is 7.72. The number of amides is 1. The van der Waals surface area contributed by atoms with Crippen molar-refractivity contribution in [3.63, 3.8) is 0 Å². The van der Waals surface area contributed by atoms with Crippen LogP contribution in [0.4, 0.5) is 0 Å². The van der Waals surface area contributed by atoms with E-state index in [2.05, 4.69) is 23.1 Å². The van der Waals surface area contributed by atoms with Crippen molar-refractivity contribution in [1.82, 2.24) is 15.0 Å². The van der Waals surface area contributed by atoms with Crippen molar-refractivity contribution in [2.24, 2.45) is 5.92 Å². The SMILES string of the molecule is C[C@H]1CCc2sc(C(=O)N(C)Cc3cc(-c4ccncc4)no3)cc2C1. The smallest absolute Gasteiger partial charge is 0.264 e. The van der Waals surface area contributed by atoms with Gasteiger partial charge in [0.15, 0.2) is 5.76 Å². The molecule has 1 amide bonds. The van der Waals surface area contributed by atoms with Crippen LogP contribution >= 0.6 is 11.3 Å². The molecule has 1 aliphatic carbocycles. The molecule has 26 heavy (non-hydrogen) atoms. The lowest BCUT2D eigenvalue weighted by Crippen LogP contribution is -2.25. The lowest BCUT2D eigenvalue weighted by atomic mass is 9.90. The highest BCUT2D eigenvalue weighted by molar-refractivity contribution is 7.14. The van der Waals surface area contributed by atoms with Crippen LogP contribution in [-0.4, -0.2) is 28.0 Å². The predicted octanol–water partition coefficient (Wildman–Crippen LogP) is 4.20. The van der Waals surface area contributed by atoms with E-state index in [1.165, 1.54) is 16.9 Å². The van der Waals surface area contributed by atoms with E-state index in [4.69, 9.17) is 4.52 Å². The van der Waals surface area contributed by atoms with Crippen molar-refractivity contribution in [1.29, 1.82) is 0 Å². The van der Waals surface area contributed by atoms with Crippen molar-refractivity contribution < 1.29 is 9.32 Å². The Balaban J connectivity index is 1.46. The molecule has 134 valence electrons. The highest BCUT2D eigenvalue weighted by Gasteiger charge is 2.23. The van der Waals surface area contributed by atoms with Crippen molar-refractivity contribution >= 4 is 17.2 Å². The number of carbonyl (C=O) groups excluding carboxylic acids is 1. The predicted molar refractivity (Wildman–Crippen MR) is 101 cm³/mol. The minimum Gasteiger partial charge on any atom is -0.359 e. The molecule has 0 radical (unpaired) electrons. The van der Waals surface area contributed by atoms with E-state index in [0.29, 0.717) is 18.2 Å². The van der Waals surface area contributed by atoms with Crippen LogP contribution in [0.3, 0.4) is 0 Å². The van der Waals surface area contributed by atoms with E-state index >= 15 is 0 Å². The Labute approximate surface area is 156 Å². The molecule has 0 spiro atoms. The molecule has 0 fully saturated rings. The number of aromatic nitrogens is 2. The second-order valence-electron chi connectivity index (χ2n) is 6.98. The summed E-state index contributed by atoms with van der Waals surface area (Å²) in [4.78, 5) is 20.7. The van der Waals surface area contributed by atoms with Gasteiger partial charge in [0.1, 0.15) is 5.69 Å². The Hall–Kier alpha value is -2.47. The average Bonchev–Trinajstić information content (AvgIpc) is 3.28. The lowest BCUT2D eigenvalue weighted by molar-refractivity contribution is 0.0777. The molecule has 1 atom stereocenters. The number of carbonyl (C=O) groups is 1. The van der Waals surface area contributed by atoms with Crippen LogP contribution in [-0.2, 0) is 19.4 Å². The van der Waals surface area contributed by atoms with Crippen molar-refractivity contribution in [2.75, 3.05) is 7.05 Å². The largest absolute Gasteiger partial charge is 0.359 e. The number of rotatable bonds is 4. The monoisotopic (exact) mass is 367 g/mol. The third-order valence-corrected chi connectivity index (χ3v) is 6.04. The van der Waals surface area contributed by atoms with Crippen LogP contribution < -0.4 is 0 Å². The molecule has 1 aliphatic rings. The number of pyridine rings is 1. The molecule has 6 heteroatoms. The molecule has 3 aromatic heterocycles. The Kier molecular flexibility index (Phi) is 4.59. The van der Waals surface area contributed by atoms with Gasteiger partial charge in [-0.15, -0.1) is 11.3 Å². The van der Waals surface area contributed by atoms with Crippen molar-refractivity contribution in [3.05, 3.63) is 57.7 Å². The van der Waals surface area contributed by atoms with Gasteiger partial charge in [0.05, 0.1) is 11.4 Å². The van der Waals surface area contributed by atoms with Gasteiger partial charge in [0.25, 0.3) is 5.91 Å². The first kappa shape index (κ1) is 17.0. The minimum absolute atomic E-state index is 0.0407. The van der Waals surface area contributed by atoms with Crippen LogP contribution in [0.2, 0.25) is 0 Å². The van der Waals surface area contributed by atoms with Gasteiger partial charge in [-0.3, -0.25) is 9.78 Å². The third kappa shape index (κ3) is 3.42. The normalized spacial score (nSPS) is 16.3. The molecule has 5 nitrogen and oxygen atoms in total. The second-order valence-corrected chi connectivity index (χ2v) is 8.12. The number of hydrogen-bond acceptors (Lipinski definition) is 5. The summed E-state index contributed by atoms with van der Waals surface area (Å²) in [7, 11) is 1.80. The van der Waals surface area contributed by atoms with Crippen LogP contribution in [0.1, 0.15) is 39.2 Å². The van der Waals surface area contributed by atoms with Gasteiger partial charge in [0, 0.05) is 35.9 Å². The summed E-state index contributed by atoms with van der Waals surface area (Å²) in [6.07, 6.45) is 6.83. The summed E-state index contributed by atoms with van der Waals surface area (Å²) >= 11 is 1.64. The summed E-state index contributed by atoms with van der Waals surface area (Å²) in [5, 5.41) is 4.09. The second kappa shape index (κ2) is 7.03. The molecule has 0 aromatic carbocycles. The zero-order chi connectivity index (χ0) is 18.1. The van der Waals surface area contributed by atoms with Crippen LogP contribution in [0.15, 0.2) is 41.2 Å². The van der Waals surface area contributed by atoms with Crippen LogP contribution in [0.5, 0.6) is 0 Å². The Morgan fingerprint density at radius 1 is 1.35 bits per heavy atom. The molecule has 0 bridgehead atoms. The molecule has 4 rings (SSSR count). The first-order valence-electron chi connectivity index (χ1n) is 8.83. The fraction of sp³-hybridized carbons (Fsp3) is 0.350. The summed E-state index contributed by atoms with van der Waals surface area (Å²) < 4.78 is 5.41. The number of nitrogens with zero attached hydrogens (tertiary/aromatic N) is 3. The molecule has 0 saturated heterocycles.